The number of carbonyl (C=O) groups is 1. The molecule has 0 spiro atoms. The van der Waals surface area contributed by atoms with E-state index in [1.54, 1.807) is 37.4 Å². The second-order valence-electron chi connectivity index (χ2n) is 10.6. The first-order valence-corrected chi connectivity index (χ1v) is 17.7. The van der Waals surface area contributed by atoms with E-state index in [9.17, 15) is 14.3 Å². The van der Waals surface area contributed by atoms with Gasteiger partial charge in [-0.05, 0) is 49.2 Å². The molecule has 0 fully saturated rings. The Hall–Kier alpha value is -3.51. The van der Waals surface area contributed by atoms with Gasteiger partial charge in [-0.3, -0.25) is 4.79 Å². The fourth-order valence-corrected chi connectivity index (χ4v) is 5.63. The highest BCUT2D eigenvalue weighted by Crippen LogP contribution is 2.36. The number of nitrogens with zero attached hydrogens (tertiary/aromatic N) is 1. The molecule has 0 aliphatic rings. The van der Waals surface area contributed by atoms with Crippen LogP contribution in [-0.2, 0) is 0 Å². The number of hydrogen-bond donors (Lipinski definition) is 1. The third kappa shape index (κ3) is 7.16. The van der Waals surface area contributed by atoms with Gasteiger partial charge in [0.15, 0.2) is 17.3 Å². The molecule has 2 aromatic carbocycles. The summed E-state index contributed by atoms with van der Waals surface area (Å²) >= 11 is 1.32. The van der Waals surface area contributed by atoms with Crippen molar-refractivity contribution in [1.82, 2.24) is 4.98 Å². The summed E-state index contributed by atoms with van der Waals surface area (Å²) in [5.41, 5.74) is 6.43. The van der Waals surface area contributed by atoms with Crippen molar-refractivity contribution in [3.05, 3.63) is 76.5 Å². The molecular weight excluding hydrogens is 542 g/mol. The maximum absolute atomic E-state index is 14.4. The van der Waals surface area contributed by atoms with Crippen LogP contribution in [0.3, 0.4) is 0 Å². The van der Waals surface area contributed by atoms with Gasteiger partial charge in [0.1, 0.15) is 13.9 Å². The smallest absolute Gasteiger partial charge is 0.163 e. The summed E-state index contributed by atoms with van der Waals surface area (Å²) < 4.78 is 26.0. The lowest BCUT2D eigenvalue weighted by Crippen LogP contribution is -2.16. The molecule has 0 aliphatic carbocycles. The largest absolute Gasteiger partial charge is 0.493 e. The number of aliphatic hydroxyl groups is 1. The quantitative estimate of drug-likeness (QED) is 0.119. The highest BCUT2D eigenvalue weighted by molar-refractivity contribution is 7.17. The fraction of sp³-hybridized carbons (Fsp3) is 0.312. The molecule has 0 amide bonds. The topological polar surface area (TPSA) is 68.7 Å². The van der Waals surface area contributed by atoms with E-state index in [1.807, 2.05) is 24.4 Å². The molecule has 2 aromatic heterocycles. The normalized spacial score (nSPS) is 12.1. The Morgan fingerprint density at radius 3 is 2.67 bits per heavy atom. The predicted octanol–water partition coefficient (Wildman–Crippen LogP) is 7.83. The maximum atomic E-state index is 14.4. The minimum absolute atomic E-state index is 0.117. The number of ketones is 1. The van der Waals surface area contributed by atoms with Crippen LogP contribution in [0.25, 0.3) is 21.3 Å². The standard InChI is InChI=1S/C32H34FNO4SSi/c1-6-15-38-30-13-10-22(19-31(30)37-2)28(35)11-12-29(36)27-18-21(14-16-40(3,4)5)17-26(34-27)24-20-39-32-23(24)8-7-9-25(32)33/h7-10,13,17-20,29,36H,6,11-12,15H2,1-5H3. The van der Waals surface area contributed by atoms with Crippen LogP contribution in [0.15, 0.2) is 53.9 Å². The van der Waals surface area contributed by atoms with Gasteiger partial charge >= 0.3 is 0 Å². The zero-order valence-electron chi connectivity index (χ0n) is 23.5. The van der Waals surface area contributed by atoms with Crippen LogP contribution in [0.4, 0.5) is 4.39 Å². The highest BCUT2D eigenvalue weighted by atomic mass is 32.1. The number of thiophene rings is 1. The number of methoxy groups -OCH3 is 1. The number of Topliss-reactive ketones (excluding diaryl/α,β-unsaturated/α-hetero) is 1. The van der Waals surface area contributed by atoms with Gasteiger partial charge in [-0.2, -0.15) is 0 Å². The maximum Gasteiger partial charge on any atom is 0.163 e. The number of hydrogen-bond acceptors (Lipinski definition) is 6. The SMILES string of the molecule is CCCOc1ccc(C(=O)CCC(O)c2cc(C#C[Si](C)(C)C)cc(-c3csc4c(F)cccc34)n2)cc1OC. The molecular formula is C32H34FNO4SSi. The number of benzene rings is 2. The lowest BCUT2D eigenvalue weighted by Gasteiger charge is -2.14. The number of aromatic nitrogens is 1. The number of fused-ring (bicyclic) bond motifs is 1. The van der Waals surface area contributed by atoms with Crippen LogP contribution >= 0.6 is 11.3 Å². The summed E-state index contributed by atoms with van der Waals surface area (Å²) in [6.07, 6.45) is 0.188. The summed E-state index contributed by atoms with van der Waals surface area (Å²) in [5, 5.41) is 13.8. The van der Waals surface area contributed by atoms with Gasteiger partial charge in [-0.15, -0.1) is 16.9 Å². The van der Waals surface area contributed by atoms with E-state index in [0.29, 0.717) is 39.8 Å². The summed E-state index contributed by atoms with van der Waals surface area (Å²) in [5.74, 6) is 3.96. The zero-order valence-corrected chi connectivity index (χ0v) is 25.3. The van der Waals surface area contributed by atoms with Gasteiger partial charge in [0.2, 0.25) is 0 Å². The van der Waals surface area contributed by atoms with E-state index in [0.717, 1.165) is 22.9 Å². The van der Waals surface area contributed by atoms with Gasteiger partial charge < -0.3 is 14.6 Å². The number of aliphatic hydroxyl groups excluding tert-OH is 1. The molecule has 0 bridgehead atoms. The highest BCUT2D eigenvalue weighted by Gasteiger charge is 2.19. The van der Waals surface area contributed by atoms with Crippen molar-refractivity contribution in [3.8, 4) is 34.2 Å². The van der Waals surface area contributed by atoms with Crippen molar-refractivity contribution in [2.24, 2.45) is 0 Å². The van der Waals surface area contributed by atoms with E-state index in [4.69, 9.17) is 14.5 Å². The first-order chi connectivity index (χ1) is 19.1. The van der Waals surface area contributed by atoms with Crippen molar-refractivity contribution >= 4 is 35.3 Å². The molecule has 0 saturated heterocycles. The molecule has 4 rings (SSSR count). The van der Waals surface area contributed by atoms with Crippen LogP contribution in [-0.4, -0.2) is 37.7 Å². The number of pyridine rings is 1. The summed E-state index contributed by atoms with van der Waals surface area (Å²) in [7, 11) is -0.122. The van der Waals surface area contributed by atoms with Crippen LogP contribution in [0.1, 0.15) is 53.9 Å². The molecule has 1 unspecified atom stereocenters. The lowest BCUT2D eigenvalue weighted by atomic mass is 10.0. The minimum Gasteiger partial charge on any atom is -0.493 e. The van der Waals surface area contributed by atoms with Crippen molar-refractivity contribution in [2.45, 2.75) is 51.9 Å². The Morgan fingerprint density at radius 2 is 1.95 bits per heavy atom. The molecule has 0 saturated carbocycles. The van der Waals surface area contributed by atoms with E-state index >= 15 is 0 Å². The molecule has 4 aromatic rings. The average Bonchev–Trinajstić information content (AvgIpc) is 3.38. The van der Waals surface area contributed by atoms with E-state index < -0.39 is 14.2 Å². The monoisotopic (exact) mass is 575 g/mol. The number of carbonyl (C=O) groups excluding carboxylic acids is 1. The zero-order chi connectivity index (χ0) is 28.9. The summed E-state index contributed by atoms with van der Waals surface area (Å²) in [6.45, 7) is 9.06. The number of rotatable bonds is 10. The van der Waals surface area contributed by atoms with E-state index in [-0.39, 0.29) is 24.4 Å². The Balaban J connectivity index is 1.60. The summed E-state index contributed by atoms with van der Waals surface area (Å²) in [6, 6.07) is 13.8. The van der Waals surface area contributed by atoms with Crippen LogP contribution < -0.4 is 9.47 Å². The molecule has 0 aliphatic heterocycles. The molecule has 1 atom stereocenters. The van der Waals surface area contributed by atoms with Crippen molar-refractivity contribution < 1.29 is 23.8 Å². The Bertz CT molecular complexity index is 1580. The molecule has 1 N–H and O–H groups in total. The summed E-state index contributed by atoms with van der Waals surface area (Å²) in [4.78, 5) is 17.8. The Kier molecular flexibility index (Phi) is 9.41. The molecule has 5 nitrogen and oxygen atoms in total. The molecule has 8 heteroatoms. The van der Waals surface area contributed by atoms with E-state index in [2.05, 4.69) is 31.1 Å². The second kappa shape index (κ2) is 12.8. The Morgan fingerprint density at radius 1 is 1.15 bits per heavy atom. The second-order valence-corrected chi connectivity index (χ2v) is 16.3. The van der Waals surface area contributed by atoms with Crippen LogP contribution in [0.5, 0.6) is 11.5 Å². The number of halogens is 1. The molecule has 208 valence electrons. The van der Waals surface area contributed by atoms with Crippen molar-refractivity contribution in [1.29, 1.82) is 0 Å². The van der Waals surface area contributed by atoms with Crippen molar-refractivity contribution in [2.75, 3.05) is 13.7 Å². The third-order valence-corrected chi connectivity index (χ3v) is 8.07. The molecule has 0 radical (unpaired) electrons. The predicted molar refractivity (Wildman–Crippen MR) is 163 cm³/mol. The third-order valence-electron chi connectivity index (χ3n) is 6.19. The van der Waals surface area contributed by atoms with Gasteiger partial charge in [-0.25, -0.2) is 9.37 Å². The van der Waals surface area contributed by atoms with Gasteiger partial charge in [0.25, 0.3) is 0 Å². The minimum atomic E-state index is -1.66. The average molecular weight is 576 g/mol. The van der Waals surface area contributed by atoms with Crippen molar-refractivity contribution in [3.63, 3.8) is 0 Å². The number of ether oxygens (including phenoxy) is 2. The van der Waals surface area contributed by atoms with E-state index in [1.165, 1.54) is 17.4 Å². The Labute approximate surface area is 240 Å². The van der Waals surface area contributed by atoms with Crippen LogP contribution in [0.2, 0.25) is 19.6 Å². The molecule has 40 heavy (non-hydrogen) atoms. The van der Waals surface area contributed by atoms with Crippen LogP contribution in [0, 0.1) is 17.3 Å². The van der Waals surface area contributed by atoms with Gasteiger partial charge in [-0.1, -0.05) is 44.6 Å². The first-order valence-electron chi connectivity index (χ1n) is 13.3. The fourth-order valence-electron chi connectivity index (χ4n) is 4.15. The first kappa shape index (κ1) is 29.5. The van der Waals surface area contributed by atoms with Gasteiger partial charge in [0, 0.05) is 33.9 Å². The van der Waals surface area contributed by atoms with Gasteiger partial charge in [0.05, 0.1) is 35.9 Å². The molecule has 2 heterocycles. The lowest BCUT2D eigenvalue weighted by molar-refractivity contribution is 0.0937.